The van der Waals surface area contributed by atoms with Crippen LogP contribution in [0, 0.1) is 0 Å². The van der Waals surface area contributed by atoms with E-state index in [2.05, 4.69) is 5.16 Å². The molecular formula is C15H14F3NO4S. The zero-order chi connectivity index (χ0) is 17.5. The molecule has 1 saturated carbocycles. The van der Waals surface area contributed by atoms with Crippen molar-refractivity contribution in [1.82, 2.24) is 5.16 Å². The SMILES string of the molecule is CS(=O)(=O)c1cc(C(F)(F)F)ccc1OCc1cnoc1C1CC1. The van der Waals surface area contributed by atoms with Crippen molar-refractivity contribution >= 4 is 9.84 Å². The van der Waals surface area contributed by atoms with Crippen molar-refractivity contribution in [2.24, 2.45) is 0 Å². The van der Waals surface area contributed by atoms with Gasteiger partial charge in [-0.1, -0.05) is 5.16 Å². The fourth-order valence-electron chi connectivity index (χ4n) is 2.31. The van der Waals surface area contributed by atoms with Gasteiger partial charge in [0, 0.05) is 12.2 Å². The maximum Gasteiger partial charge on any atom is 0.416 e. The average Bonchev–Trinajstić information content (AvgIpc) is 3.21. The van der Waals surface area contributed by atoms with Crippen LogP contribution in [-0.4, -0.2) is 19.8 Å². The topological polar surface area (TPSA) is 69.4 Å². The minimum Gasteiger partial charge on any atom is -0.487 e. The number of aromatic nitrogens is 1. The van der Waals surface area contributed by atoms with E-state index in [1.54, 1.807) is 0 Å². The number of hydrogen-bond donors (Lipinski definition) is 0. The lowest BCUT2D eigenvalue weighted by molar-refractivity contribution is -0.137. The molecule has 1 heterocycles. The molecule has 1 aromatic heterocycles. The first kappa shape index (κ1) is 16.8. The first-order chi connectivity index (χ1) is 11.2. The van der Waals surface area contributed by atoms with E-state index in [1.807, 2.05) is 0 Å². The predicted molar refractivity (Wildman–Crippen MR) is 77.4 cm³/mol. The van der Waals surface area contributed by atoms with E-state index in [4.69, 9.17) is 9.26 Å². The summed E-state index contributed by atoms with van der Waals surface area (Å²) in [4.78, 5) is -0.498. The molecule has 3 rings (SSSR count). The molecule has 0 N–H and O–H groups in total. The smallest absolute Gasteiger partial charge is 0.416 e. The van der Waals surface area contributed by atoms with Crippen molar-refractivity contribution in [3.8, 4) is 5.75 Å². The van der Waals surface area contributed by atoms with Crippen LogP contribution in [0.2, 0.25) is 0 Å². The second-order valence-corrected chi connectivity index (χ2v) is 7.69. The Hall–Kier alpha value is -2.03. The van der Waals surface area contributed by atoms with E-state index in [-0.39, 0.29) is 18.3 Å². The maximum atomic E-state index is 12.8. The lowest BCUT2D eigenvalue weighted by Crippen LogP contribution is -2.09. The van der Waals surface area contributed by atoms with Gasteiger partial charge in [-0.05, 0) is 31.0 Å². The summed E-state index contributed by atoms with van der Waals surface area (Å²) < 4.78 is 72.6. The molecule has 0 aliphatic heterocycles. The van der Waals surface area contributed by atoms with Crippen molar-refractivity contribution in [3.05, 3.63) is 41.3 Å². The number of ether oxygens (including phenoxy) is 1. The van der Waals surface area contributed by atoms with Crippen LogP contribution in [0.3, 0.4) is 0 Å². The highest BCUT2D eigenvalue weighted by Gasteiger charge is 2.33. The van der Waals surface area contributed by atoms with Crippen molar-refractivity contribution < 1.29 is 30.8 Å². The molecule has 1 aromatic carbocycles. The number of halogens is 3. The molecule has 1 aliphatic rings. The summed E-state index contributed by atoms with van der Waals surface area (Å²) in [5.41, 5.74) is -0.379. The normalized spacial score (nSPS) is 15.5. The summed E-state index contributed by atoms with van der Waals surface area (Å²) in [7, 11) is -3.89. The van der Waals surface area contributed by atoms with Gasteiger partial charge in [-0.2, -0.15) is 13.2 Å². The highest BCUT2D eigenvalue weighted by atomic mass is 32.2. The van der Waals surface area contributed by atoms with Gasteiger partial charge in [0.05, 0.1) is 17.3 Å². The molecule has 2 aromatic rings. The number of sulfone groups is 1. The van der Waals surface area contributed by atoms with Crippen molar-refractivity contribution in [1.29, 1.82) is 0 Å². The molecule has 0 unspecified atom stereocenters. The summed E-state index contributed by atoms with van der Waals surface area (Å²) in [6, 6.07) is 2.39. The summed E-state index contributed by atoms with van der Waals surface area (Å²) in [6.45, 7) is -0.0246. The number of benzene rings is 1. The third-order valence-corrected chi connectivity index (χ3v) is 4.80. The Morgan fingerprint density at radius 3 is 2.62 bits per heavy atom. The van der Waals surface area contributed by atoms with Gasteiger partial charge in [-0.25, -0.2) is 8.42 Å². The summed E-state index contributed by atoms with van der Waals surface area (Å²) in [5.74, 6) is 0.837. The maximum absolute atomic E-state index is 12.8. The highest BCUT2D eigenvalue weighted by molar-refractivity contribution is 7.90. The van der Waals surface area contributed by atoms with Crippen LogP contribution in [0.4, 0.5) is 13.2 Å². The van der Waals surface area contributed by atoms with Gasteiger partial charge >= 0.3 is 6.18 Å². The molecule has 24 heavy (non-hydrogen) atoms. The van der Waals surface area contributed by atoms with E-state index in [0.717, 1.165) is 31.2 Å². The number of hydrogen-bond acceptors (Lipinski definition) is 5. The summed E-state index contributed by atoms with van der Waals surface area (Å²) >= 11 is 0. The van der Waals surface area contributed by atoms with Crippen LogP contribution in [-0.2, 0) is 22.6 Å². The largest absolute Gasteiger partial charge is 0.487 e. The highest BCUT2D eigenvalue weighted by Crippen LogP contribution is 2.42. The van der Waals surface area contributed by atoms with Crippen LogP contribution in [0.25, 0.3) is 0 Å². The first-order valence-corrected chi connectivity index (χ1v) is 9.03. The van der Waals surface area contributed by atoms with Crippen LogP contribution in [0.1, 0.15) is 35.6 Å². The molecule has 0 atom stereocenters. The lowest BCUT2D eigenvalue weighted by atomic mass is 10.2. The van der Waals surface area contributed by atoms with E-state index < -0.39 is 26.5 Å². The molecule has 1 fully saturated rings. The molecule has 0 saturated heterocycles. The zero-order valence-corrected chi connectivity index (χ0v) is 13.4. The second kappa shape index (κ2) is 5.80. The zero-order valence-electron chi connectivity index (χ0n) is 12.6. The molecule has 5 nitrogen and oxygen atoms in total. The molecule has 9 heteroatoms. The van der Waals surface area contributed by atoms with Gasteiger partial charge in [0.25, 0.3) is 0 Å². The monoisotopic (exact) mass is 361 g/mol. The third kappa shape index (κ3) is 3.55. The Bertz CT molecular complexity index is 854. The molecule has 0 spiro atoms. The number of rotatable bonds is 5. The summed E-state index contributed by atoms with van der Waals surface area (Å²) in [6.07, 6.45) is -0.359. The second-order valence-electron chi connectivity index (χ2n) is 5.71. The fourth-order valence-corrected chi connectivity index (χ4v) is 3.14. The quantitative estimate of drug-likeness (QED) is 0.815. The molecule has 0 radical (unpaired) electrons. The van der Waals surface area contributed by atoms with Gasteiger partial charge in [0.15, 0.2) is 9.84 Å². The van der Waals surface area contributed by atoms with Gasteiger partial charge in [0.1, 0.15) is 23.0 Å². The van der Waals surface area contributed by atoms with Gasteiger partial charge < -0.3 is 9.26 Å². The third-order valence-electron chi connectivity index (χ3n) is 3.68. The lowest BCUT2D eigenvalue weighted by Gasteiger charge is -2.13. The van der Waals surface area contributed by atoms with Crippen molar-refractivity contribution in [3.63, 3.8) is 0 Å². The number of alkyl halides is 3. The Morgan fingerprint density at radius 2 is 2.04 bits per heavy atom. The Labute approximate surface area is 136 Å². The van der Waals surface area contributed by atoms with Crippen molar-refractivity contribution in [2.45, 2.75) is 36.4 Å². The molecule has 0 amide bonds. The van der Waals surface area contributed by atoms with Gasteiger partial charge in [-0.15, -0.1) is 0 Å². The van der Waals surface area contributed by atoms with Gasteiger partial charge in [0.2, 0.25) is 0 Å². The summed E-state index contributed by atoms with van der Waals surface area (Å²) in [5, 5.41) is 3.69. The van der Waals surface area contributed by atoms with E-state index in [9.17, 15) is 21.6 Å². The van der Waals surface area contributed by atoms with Crippen LogP contribution >= 0.6 is 0 Å². The minimum absolute atomic E-state index is 0.0246. The molecular weight excluding hydrogens is 347 g/mol. The Kier molecular flexibility index (Phi) is 4.06. The Balaban J connectivity index is 1.88. The fraction of sp³-hybridized carbons (Fsp3) is 0.400. The Morgan fingerprint density at radius 1 is 1.33 bits per heavy atom. The van der Waals surface area contributed by atoms with E-state index >= 15 is 0 Å². The first-order valence-electron chi connectivity index (χ1n) is 7.14. The van der Waals surface area contributed by atoms with Crippen LogP contribution in [0.5, 0.6) is 5.75 Å². The van der Waals surface area contributed by atoms with Crippen LogP contribution < -0.4 is 4.74 Å². The molecule has 0 bridgehead atoms. The number of nitrogens with zero attached hydrogens (tertiary/aromatic N) is 1. The minimum atomic E-state index is -4.63. The van der Waals surface area contributed by atoms with E-state index in [1.165, 1.54) is 6.20 Å². The average molecular weight is 361 g/mol. The standard InChI is InChI=1S/C15H14F3NO4S/c1-24(20,21)13-6-11(15(16,17)18)4-5-12(13)22-8-10-7-19-23-14(10)9-2-3-9/h4-7,9H,2-3,8H2,1H3. The molecule has 130 valence electrons. The molecule has 1 aliphatic carbocycles. The van der Waals surface area contributed by atoms with Gasteiger partial charge in [-0.3, -0.25) is 0 Å². The van der Waals surface area contributed by atoms with Crippen molar-refractivity contribution in [2.75, 3.05) is 6.26 Å². The van der Waals surface area contributed by atoms with Crippen LogP contribution in [0.15, 0.2) is 33.8 Å². The predicted octanol–water partition coefficient (Wildman–Crippen LogP) is 3.55. The van der Waals surface area contributed by atoms with E-state index in [0.29, 0.717) is 17.4 Å².